The topological polar surface area (TPSA) is 75.8 Å². The van der Waals surface area contributed by atoms with Crippen LogP contribution in [0.1, 0.15) is 42.5 Å². The molecule has 2 rings (SSSR count). The smallest absolute Gasteiger partial charge is 0.340 e. The monoisotopic (exact) mass is 292 g/mol. The lowest BCUT2D eigenvalue weighted by atomic mass is 9.93. The van der Waals surface area contributed by atoms with Gasteiger partial charge in [0.15, 0.2) is 0 Å². The van der Waals surface area contributed by atoms with Crippen molar-refractivity contribution >= 4 is 17.3 Å². The highest BCUT2D eigenvalue weighted by molar-refractivity contribution is 5.97. The SMILES string of the molecule is COC(=O)c1cc(N)ccc1N(CCO)C1CCCCC1. The number of aliphatic hydroxyl groups is 1. The zero-order valence-corrected chi connectivity index (χ0v) is 12.5. The largest absolute Gasteiger partial charge is 0.465 e. The highest BCUT2D eigenvalue weighted by Crippen LogP contribution is 2.31. The minimum absolute atomic E-state index is 0.0570. The maximum absolute atomic E-state index is 12.0. The molecule has 1 aromatic carbocycles. The summed E-state index contributed by atoms with van der Waals surface area (Å²) in [5, 5.41) is 9.39. The molecule has 1 aliphatic carbocycles. The summed E-state index contributed by atoms with van der Waals surface area (Å²) in [5.41, 5.74) is 7.60. The number of hydrogen-bond donors (Lipinski definition) is 2. The Morgan fingerprint density at radius 3 is 2.71 bits per heavy atom. The van der Waals surface area contributed by atoms with E-state index in [1.54, 1.807) is 12.1 Å². The maximum Gasteiger partial charge on any atom is 0.340 e. The van der Waals surface area contributed by atoms with Crippen molar-refractivity contribution in [3.8, 4) is 0 Å². The fourth-order valence-electron chi connectivity index (χ4n) is 3.08. The van der Waals surface area contributed by atoms with Crippen molar-refractivity contribution < 1.29 is 14.6 Å². The number of esters is 1. The Hall–Kier alpha value is -1.75. The van der Waals surface area contributed by atoms with Crippen molar-refractivity contribution in [1.82, 2.24) is 0 Å². The number of hydrogen-bond acceptors (Lipinski definition) is 5. The second kappa shape index (κ2) is 7.31. The third-order valence-electron chi connectivity index (χ3n) is 4.09. The van der Waals surface area contributed by atoms with Crippen LogP contribution in [0.15, 0.2) is 18.2 Å². The Morgan fingerprint density at radius 2 is 2.10 bits per heavy atom. The van der Waals surface area contributed by atoms with E-state index in [1.165, 1.54) is 26.4 Å². The zero-order chi connectivity index (χ0) is 15.2. The van der Waals surface area contributed by atoms with Gasteiger partial charge in [0.1, 0.15) is 0 Å². The minimum atomic E-state index is -0.393. The van der Waals surface area contributed by atoms with E-state index in [0.29, 0.717) is 23.8 Å². The molecule has 0 amide bonds. The van der Waals surface area contributed by atoms with Gasteiger partial charge in [0.2, 0.25) is 0 Å². The molecule has 1 fully saturated rings. The average molecular weight is 292 g/mol. The first-order valence-corrected chi connectivity index (χ1v) is 7.52. The minimum Gasteiger partial charge on any atom is -0.465 e. The van der Waals surface area contributed by atoms with Gasteiger partial charge in [-0.05, 0) is 31.0 Å². The van der Waals surface area contributed by atoms with E-state index < -0.39 is 5.97 Å². The number of methoxy groups -OCH3 is 1. The molecule has 0 bridgehead atoms. The van der Waals surface area contributed by atoms with Crippen LogP contribution in [0.3, 0.4) is 0 Å². The number of aliphatic hydroxyl groups excluding tert-OH is 1. The zero-order valence-electron chi connectivity index (χ0n) is 12.5. The Bertz CT molecular complexity index is 484. The molecule has 116 valence electrons. The third-order valence-corrected chi connectivity index (χ3v) is 4.09. The van der Waals surface area contributed by atoms with Crippen LogP contribution in [0.2, 0.25) is 0 Å². The fraction of sp³-hybridized carbons (Fsp3) is 0.562. The standard InChI is InChI=1S/C16H24N2O3/c1-21-16(20)14-11-12(17)7-8-15(14)18(9-10-19)13-5-3-2-4-6-13/h7-8,11,13,19H,2-6,9-10,17H2,1H3. The molecule has 21 heavy (non-hydrogen) atoms. The van der Waals surface area contributed by atoms with Gasteiger partial charge in [-0.1, -0.05) is 19.3 Å². The molecule has 0 saturated heterocycles. The molecule has 0 heterocycles. The predicted molar refractivity (Wildman–Crippen MR) is 83.5 cm³/mol. The Morgan fingerprint density at radius 1 is 1.38 bits per heavy atom. The Balaban J connectivity index is 2.36. The van der Waals surface area contributed by atoms with Crippen LogP contribution in [0.5, 0.6) is 0 Å². The first-order valence-electron chi connectivity index (χ1n) is 7.52. The first kappa shape index (κ1) is 15.6. The van der Waals surface area contributed by atoms with Gasteiger partial charge in [-0.25, -0.2) is 4.79 Å². The summed E-state index contributed by atoms with van der Waals surface area (Å²) in [6.07, 6.45) is 5.81. The van der Waals surface area contributed by atoms with E-state index in [9.17, 15) is 9.90 Å². The van der Waals surface area contributed by atoms with Crippen molar-refractivity contribution in [2.75, 3.05) is 30.9 Å². The molecule has 0 unspecified atom stereocenters. The van der Waals surface area contributed by atoms with Crippen molar-refractivity contribution in [3.05, 3.63) is 23.8 Å². The molecule has 1 aromatic rings. The number of benzene rings is 1. The Kier molecular flexibility index (Phi) is 5.44. The van der Waals surface area contributed by atoms with Crippen molar-refractivity contribution in [2.24, 2.45) is 0 Å². The lowest BCUT2D eigenvalue weighted by Gasteiger charge is -2.36. The summed E-state index contributed by atoms with van der Waals surface area (Å²) >= 11 is 0. The maximum atomic E-state index is 12.0. The normalized spacial score (nSPS) is 15.7. The second-order valence-electron chi connectivity index (χ2n) is 5.48. The second-order valence-corrected chi connectivity index (χ2v) is 5.48. The van der Waals surface area contributed by atoms with Crippen LogP contribution in [0, 0.1) is 0 Å². The van der Waals surface area contributed by atoms with Crippen molar-refractivity contribution in [2.45, 2.75) is 38.1 Å². The molecule has 0 spiro atoms. The lowest BCUT2D eigenvalue weighted by Crippen LogP contribution is -2.39. The quantitative estimate of drug-likeness (QED) is 0.642. The molecule has 0 aromatic heterocycles. The molecular weight excluding hydrogens is 268 g/mol. The van der Waals surface area contributed by atoms with Crippen LogP contribution in [0.4, 0.5) is 11.4 Å². The number of nitrogens with two attached hydrogens (primary N) is 1. The van der Waals surface area contributed by atoms with Crippen LogP contribution in [-0.2, 0) is 4.74 Å². The highest BCUT2D eigenvalue weighted by Gasteiger charge is 2.25. The number of nitrogens with zero attached hydrogens (tertiary/aromatic N) is 1. The van der Waals surface area contributed by atoms with E-state index in [0.717, 1.165) is 18.5 Å². The predicted octanol–water partition coefficient (Wildman–Crippen LogP) is 2.19. The molecule has 1 saturated carbocycles. The molecule has 0 aliphatic heterocycles. The number of anilines is 2. The molecule has 5 heteroatoms. The van der Waals surface area contributed by atoms with Crippen LogP contribution in [-0.4, -0.2) is 37.4 Å². The molecular formula is C16H24N2O3. The van der Waals surface area contributed by atoms with Gasteiger partial charge in [0.05, 0.1) is 25.0 Å². The lowest BCUT2D eigenvalue weighted by molar-refractivity contribution is 0.0601. The van der Waals surface area contributed by atoms with E-state index in [2.05, 4.69) is 4.90 Å². The van der Waals surface area contributed by atoms with Gasteiger partial charge in [0, 0.05) is 18.3 Å². The van der Waals surface area contributed by atoms with E-state index >= 15 is 0 Å². The summed E-state index contributed by atoms with van der Waals surface area (Å²) in [4.78, 5) is 14.1. The van der Waals surface area contributed by atoms with Gasteiger partial charge in [0.25, 0.3) is 0 Å². The third kappa shape index (κ3) is 3.67. The average Bonchev–Trinajstić information content (AvgIpc) is 2.53. The summed E-state index contributed by atoms with van der Waals surface area (Å²) < 4.78 is 4.86. The highest BCUT2D eigenvalue weighted by atomic mass is 16.5. The van der Waals surface area contributed by atoms with Crippen LogP contribution < -0.4 is 10.6 Å². The van der Waals surface area contributed by atoms with Gasteiger partial charge < -0.3 is 20.5 Å². The summed E-state index contributed by atoms with van der Waals surface area (Å²) in [5.74, 6) is -0.393. The summed E-state index contributed by atoms with van der Waals surface area (Å²) in [7, 11) is 1.37. The van der Waals surface area contributed by atoms with E-state index in [1.807, 2.05) is 6.07 Å². The van der Waals surface area contributed by atoms with E-state index in [4.69, 9.17) is 10.5 Å². The number of carbonyl (C=O) groups excluding carboxylic acids is 1. The van der Waals surface area contributed by atoms with Gasteiger partial charge in [-0.15, -0.1) is 0 Å². The summed E-state index contributed by atoms with van der Waals surface area (Å²) in [6, 6.07) is 5.65. The van der Waals surface area contributed by atoms with Crippen molar-refractivity contribution in [3.63, 3.8) is 0 Å². The first-order chi connectivity index (χ1) is 10.2. The van der Waals surface area contributed by atoms with Gasteiger partial charge >= 0.3 is 5.97 Å². The van der Waals surface area contributed by atoms with Crippen LogP contribution >= 0.6 is 0 Å². The van der Waals surface area contributed by atoms with E-state index in [-0.39, 0.29) is 6.61 Å². The molecule has 3 N–H and O–H groups in total. The van der Waals surface area contributed by atoms with Gasteiger partial charge in [-0.2, -0.15) is 0 Å². The summed E-state index contributed by atoms with van der Waals surface area (Å²) in [6.45, 7) is 0.570. The number of rotatable bonds is 5. The van der Waals surface area contributed by atoms with Crippen molar-refractivity contribution in [1.29, 1.82) is 0 Å². The van der Waals surface area contributed by atoms with Gasteiger partial charge in [-0.3, -0.25) is 0 Å². The fourth-order valence-corrected chi connectivity index (χ4v) is 3.08. The Labute approximate surface area is 125 Å². The number of carbonyl (C=O) groups is 1. The molecule has 0 radical (unpaired) electrons. The molecule has 5 nitrogen and oxygen atoms in total. The number of ether oxygens (including phenoxy) is 1. The number of nitrogen functional groups attached to an aromatic ring is 1. The van der Waals surface area contributed by atoms with Crippen LogP contribution in [0.25, 0.3) is 0 Å². The molecule has 0 atom stereocenters. The molecule has 1 aliphatic rings.